The summed E-state index contributed by atoms with van der Waals surface area (Å²) in [7, 11) is 0. The van der Waals surface area contributed by atoms with Gasteiger partial charge in [0.2, 0.25) is 0 Å². The molecule has 1 aliphatic rings. The van der Waals surface area contributed by atoms with E-state index in [1.54, 1.807) is 0 Å². The van der Waals surface area contributed by atoms with Gasteiger partial charge >= 0.3 is 6.18 Å². The first-order valence-electron chi connectivity index (χ1n) is 6.60. The third-order valence-corrected chi connectivity index (χ3v) is 3.59. The molecule has 0 heterocycles. The fourth-order valence-corrected chi connectivity index (χ4v) is 3.03. The van der Waals surface area contributed by atoms with Crippen LogP contribution in [0.4, 0.5) is 13.2 Å². The highest BCUT2D eigenvalue weighted by atomic mass is 19.4. The molecule has 0 atom stereocenters. The van der Waals surface area contributed by atoms with Gasteiger partial charge in [0.25, 0.3) is 0 Å². The van der Waals surface area contributed by atoms with Crippen LogP contribution in [-0.4, -0.2) is 19.3 Å². The highest BCUT2D eigenvalue weighted by molar-refractivity contribution is 4.87. The van der Waals surface area contributed by atoms with Crippen molar-refractivity contribution in [3.8, 4) is 0 Å². The van der Waals surface area contributed by atoms with Crippen molar-refractivity contribution in [1.82, 2.24) is 5.32 Å². The summed E-state index contributed by atoms with van der Waals surface area (Å²) >= 11 is 0. The van der Waals surface area contributed by atoms with Gasteiger partial charge in [-0.1, -0.05) is 26.7 Å². The van der Waals surface area contributed by atoms with Crippen LogP contribution in [0.15, 0.2) is 0 Å². The summed E-state index contributed by atoms with van der Waals surface area (Å²) in [5.41, 5.74) is 0.264. The molecule has 0 spiro atoms. The Morgan fingerprint density at radius 1 is 1.18 bits per heavy atom. The van der Waals surface area contributed by atoms with Gasteiger partial charge in [0, 0.05) is 13.1 Å². The first kappa shape index (κ1) is 14.8. The molecule has 0 bridgehead atoms. The molecule has 0 unspecified atom stereocenters. The largest absolute Gasteiger partial charge is 0.390 e. The molecule has 1 rings (SSSR count). The Bertz CT molecular complexity index is 217. The molecule has 17 heavy (non-hydrogen) atoms. The van der Waals surface area contributed by atoms with Gasteiger partial charge in [0.15, 0.2) is 0 Å². The molecule has 0 saturated heterocycles. The van der Waals surface area contributed by atoms with Crippen LogP contribution in [0, 0.1) is 11.3 Å². The maximum Gasteiger partial charge on any atom is 0.390 e. The van der Waals surface area contributed by atoms with Crippen molar-refractivity contribution >= 4 is 0 Å². The zero-order valence-corrected chi connectivity index (χ0v) is 10.9. The summed E-state index contributed by atoms with van der Waals surface area (Å²) in [4.78, 5) is 0. The van der Waals surface area contributed by atoms with Crippen molar-refractivity contribution in [2.24, 2.45) is 11.3 Å². The van der Waals surface area contributed by atoms with Crippen LogP contribution in [0.2, 0.25) is 0 Å². The van der Waals surface area contributed by atoms with Crippen LogP contribution in [0.5, 0.6) is 0 Å². The minimum atomic E-state index is -4.03. The Balaban J connectivity index is 2.30. The monoisotopic (exact) mass is 251 g/mol. The average Bonchev–Trinajstić information content (AvgIpc) is 2.59. The minimum Gasteiger partial charge on any atom is -0.316 e. The third-order valence-electron chi connectivity index (χ3n) is 3.59. The minimum absolute atomic E-state index is 0.0589. The van der Waals surface area contributed by atoms with Crippen molar-refractivity contribution < 1.29 is 13.2 Å². The smallest absolute Gasteiger partial charge is 0.316 e. The summed E-state index contributed by atoms with van der Waals surface area (Å²) in [5, 5.41) is 3.01. The van der Waals surface area contributed by atoms with E-state index in [-0.39, 0.29) is 12.0 Å². The molecule has 1 fully saturated rings. The van der Waals surface area contributed by atoms with E-state index in [1.807, 2.05) is 0 Å². The van der Waals surface area contributed by atoms with E-state index in [0.717, 1.165) is 13.0 Å². The zero-order chi connectivity index (χ0) is 12.9. The Morgan fingerprint density at radius 2 is 1.76 bits per heavy atom. The van der Waals surface area contributed by atoms with E-state index >= 15 is 0 Å². The van der Waals surface area contributed by atoms with E-state index < -0.39 is 12.6 Å². The van der Waals surface area contributed by atoms with Crippen LogP contribution < -0.4 is 5.32 Å². The Kier molecular flexibility index (Phi) is 5.29. The first-order valence-corrected chi connectivity index (χ1v) is 6.60. The second-order valence-corrected chi connectivity index (χ2v) is 5.85. The van der Waals surface area contributed by atoms with Gasteiger partial charge in [-0.05, 0) is 30.6 Å². The van der Waals surface area contributed by atoms with Gasteiger partial charge < -0.3 is 5.32 Å². The molecule has 0 aromatic heterocycles. The molecule has 1 saturated carbocycles. The quantitative estimate of drug-likeness (QED) is 0.700. The zero-order valence-electron chi connectivity index (χ0n) is 10.9. The lowest BCUT2D eigenvalue weighted by Gasteiger charge is -2.31. The van der Waals surface area contributed by atoms with Gasteiger partial charge in [-0.25, -0.2) is 0 Å². The summed E-state index contributed by atoms with van der Waals surface area (Å²) in [6, 6.07) is 0. The molecule has 1 aliphatic carbocycles. The van der Waals surface area contributed by atoms with Crippen LogP contribution in [0.3, 0.4) is 0 Å². The van der Waals surface area contributed by atoms with Crippen LogP contribution in [-0.2, 0) is 0 Å². The predicted octanol–water partition coefficient (Wildman–Crippen LogP) is 4.13. The Hall–Kier alpha value is -0.250. The molecule has 4 heteroatoms. The SMILES string of the molecule is CC(C)CC1(CNCCC(F)(F)F)CCCC1. The molecule has 0 aliphatic heterocycles. The van der Waals surface area contributed by atoms with Crippen molar-refractivity contribution in [3.05, 3.63) is 0 Å². The maximum absolute atomic E-state index is 12.0. The molecule has 0 amide bonds. The fraction of sp³-hybridized carbons (Fsp3) is 1.00. The van der Waals surface area contributed by atoms with E-state index in [1.165, 1.54) is 25.7 Å². The number of rotatable bonds is 6. The normalized spacial score (nSPS) is 20.1. The Morgan fingerprint density at radius 3 is 2.24 bits per heavy atom. The molecule has 0 aromatic carbocycles. The highest BCUT2D eigenvalue weighted by Gasteiger charge is 2.34. The van der Waals surface area contributed by atoms with Gasteiger partial charge in [-0.3, -0.25) is 0 Å². The first-order chi connectivity index (χ1) is 7.83. The number of alkyl halides is 3. The van der Waals surface area contributed by atoms with Gasteiger partial charge in [0.05, 0.1) is 6.42 Å². The average molecular weight is 251 g/mol. The van der Waals surface area contributed by atoms with Crippen LogP contribution in [0.25, 0.3) is 0 Å². The lowest BCUT2D eigenvalue weighted by atomic mass is 9.78. The van der Waals surface area contributed by atoms with E-state index in [0.29, 0.717) is 5.92 Å². The Labute approximate surface area is 102 Å². The third kappa shape index (κ3) is 5.75. The number of halogens is 3. The summed E-state index contributed by atoms with van der Waals surface area (Å²) in [6.45, 7) is 5.19. The molecule has 0 aromatic rings. The topological polar surface area (TPSA) is 12.0 Å². The fourth-order valence-electron chi connectivity index (χ4n) is 3.03. The van der Waals surface area contributed by atoms with Gasteiger partial charge in [-0.2, -0.15) is 13.2 Å². The summed E-state index contributed by atoms with van der Waals surface area (Å²) in [6.07, 6.45) is 1.18. The van der Waals surface area contributed by atoms with Crippen molar-refractivity contribution in [2.75, 3.05) is 13.1 Å². The van der Waals surface area contributed by atoms with E-state index in [9.17, 15) is 13.2 Å². The molecule has 0 radical (unpaired) electrons. The van der Waals surface area contributed by atoms with Gasteiger partial charge in [-0.15, -0.1) is 0 Å². The molecule has 102 valence electrons. The highest BCUT2D eigenvalue weighted by Crippen LogP contribution is 2.42. The molecule has 1 N–H and O–H groups in total. The maximum atomic E-state index is 12.0. The predicted molar refractivity (Wildman–Crippen MR) is 63.9 cm³/mol. The molecular weight excluding hydrogens is 227 g/mol. The second kappa shape index (κ2) is 6.07. The number of hydrogen-bond donors (Lipinski definition) is 1. The standard InChI is InChI=1S/C13H24F3N/c1-11(2)9-12(5-3-4-6-12)10-17-8-7-13(14,15)16/h11,17H,3-10H2,1-2H3. The lowest BCUT2D eigenvalue weighted by molar-refractivity contribution is -0.133. The second-order valence-electron chi connectivity index (χ2n) is 5.85. The van der Waals surface area contributed by atoms with E-state index in [2.05, 4.69) is 19.2 Å². The summed E-state index contributed by atoms with van der Waals surface area (Å²) in [5.74, 6) is 0.623. The van der Waals surface area contributed by atoms with E-state index in [4.69, 9.17) is 0 Å². The van der Waals surface area contributed by atoms with Gasteiger partial charge in [0.1, 0.15) is 0 Å². The molecular formula is C13H24F3N. The summed E-state index contributed by atoms with van der Waals surface area (Å²) < 4.78 is 36.1. The van der Waals surface area contributed by atoms with Crippen molar-refractivity contribution in [1.29, 1.82) is 0 Å². The lowest BCUT2D eigenvalue weighted by Crippen LogP contribution is -2.35. The molecule has 1 nitrogen and oxygen atoms in total. The van der Waals surface area contributed by atoms with Crippen molar-refractivity contribution in [3.63, 3.8) is 0 Å². The number of nitrogens with one attached hydrogen (secondary N) is 1. The number of hydrogen-bond acceptors (Lipinski definition) is 1. The van der Waals surface area contributed by atoms with Crippen LogP contribution in [0.1, 0.15) is 52.4 Å². The van der Waals surface area contributed by atoms with Crippen LogP contribution >= 0.6 is 0 Å². The van der Waals surface area contributed by atoms with Crippen molar-refractivity contribution in [2.45, 2.75) is 58.5 Å².